The van der Waals surface area contributed by atoms with Crippen LogP contribution in [-0.4, -0.2) is 75.1 Å². The van der Waals surface area contributed by atoms with Gasteiger partial charge in [0.2, 0.25) is 0 Å². The van der Waals surface area contributed by atoms with E-state index in [1.54, 1.807) is 30.9 Å². The number of benzene rings is 1. The quantitative estimate of drug-likeness (QED) is 0.309. The molecule has 6 rings (SSSR count). The van der Waals surface area contributed by atoms with Crippen molar-refractivity contribution >= 4 is 16.9 Å². The Labute approximate surface area is 226 Å². The summed E-state index contributed by atoms with van der Waals surface area (Å²) < 4.78 is 5.54. The molecule has 1 saturated heterocycles. The van der Waals surface area contributed by atoms with Gasteiger partial charge in [0.15, 0.2) is 0 Å². The molecular formula is C30H29N7O2. The molecule has 4 aromatic heterocycles. The van der Waals surface area contributed by atoms with Gasteiger partial charge in [-0.1, -0.05) is 12.1 Å². The highest BCUT2D eigenvalue weighted by molar-refractivity contribution is 5.92. The van der Waals surface area contributed by atoms with E-state index >= 15 is 0 Å². The van der Waals surface area contributed by atoms with Gasteiger partial charge in [0.25, 0.3) is 0 Å². The van der Waals surface area contributed by atoms with Crippen molar-refractivity contribution in [3.63, 3.8) is 0 Å². The molecular weight excluding hydrogens is 490 g/mol. The highest BCUT2D eigenvalue weighted by Crippen LogP contribution is 2.31. The lowest BCUT2D eigenvalue weighted by molar-refractivity contribution is 0.0456. The number of H-pyrrole nitrogens is 1. The van der Waals surface area contributed by atoms with E-state index in [1.165, 1.54) is 0 Å². The van der Waals surface area contributed by atoms with Crippen LogP contribution in [0.15, 0.2) is 73.3 Å². The second-order valence-corrected chi connectivity index (χ2v) is 9.58. The minimum atomic E-state index is -0.347. The molecule has 1 aromatic carbocycles. The van der Waals surface area contributed by atoms with Crippen molar-refractivity contribution in [3.05, 3.63) is 84.6 Å². The fraction of sp³-hybridized carbons (Fsp3) is 0.233. The molecule has 0 spiro atoms. The molecule has 1 aliphatic heterocycles. The Bertz CT molecular complexity index is 1630. The molecule has 9 heteroatoms. The highest BCUT2D eigenvalue weighted by Gasteiger charge is 2.15. The van der Waals surface area contributed by atoms with E-state index < -0.39 is 0 Å². The van der Waals surface area contributed by atoms with E-state index in [0.29, 0.717) is 17.9 Å². The Morgan fingerprint density at radius 2 is 1.85 bits per heavy atom. The van der Waals surface area contributed by atoms with Gasteiger partial charge in [0.05, 0.1) is 40.2 Å². The molecule has 0 aliphatic carbocycles. The summed E-state index contributed by atoms with van der Waals surface area (Å²) in [5.41, 5.74) is 7.24. The number of ether oxygens (including phenoxy) is 1. The number of aryl methyl sites for hydroxylation is 1. The summed E-state index contributed by atoms with van der Waals surface area (Å²) in [6.07, 6.45) is 5.10. The lowest BCUT2D eigenvalue weighted by Crippen LogP contribution is -2.44. The van der Waals surface area contributed by atoms with E-state index in [4.69, 9.17) is 4.74 Å². The predicted octanol–water partition coefficient (Wildman–Crippen LogP) is 4.12. The summed E-state index contributed by atoms with van der Waals surface area (Å²) in [6.45, 7) is 6.95. The van der Waals surface area contributed by atoms with Crippen LogP contribution in [0.25, 0.3) is 44.8 Å². The first-order chi connectivity index (χ1) is 19.1. The molecule has 9 nitrogen and oxygen atoms in total. The summed E-state index contributed by atoms with van der Waals surface area (Å²) in [5, 5.41) is 4.27. The number of imidazole rings is 1. The van der Waals surface area contributed by atoms with Crippen LogP contribution < -0.4 is 5.32 Å². The Morgan fingerprint density at radius 3 is 2.72 bits per heavy atom. The Kier molecular flexibility index (Phi) is 7.07. The fourth-order valence-corrected chi connectivity index (χ4v) is 4.81. The highest BCUT2D eigenvalue weighted by atomic mass is 16.5. The predicted molar refractivity (Wildman–Crippen MR) is 150 cm³/mol. The Balaban J connectivity index is 1.23. The molecule has 0 atom stereocenters. The zero-order valence-electron chi connectivity index (χ0n) is 21.7. The topological polar surface area (TPSA) is 109 Å². The average molecular weight is 520 g/mol. The standard InChI is InChI=1S/C30H29N7O2/c1-20-3-2-4-26(36-20)29-28(34-19-35-29)21-5-6-25-23(15-21)16-24(18-33-25)27-17-22(7-8-32-27)30(38)39-14-13-37-11-9-31-10-12-37/h2-8,15-19,31H,9-14H2,1H3,(H,34,35). The van der Waals surface area contributed by atoms with Crippen LogP contribution >= 0.6 is 0 Å². The Morgan fingerprint density at radius 1 is 0.974 bits per heavy atom. The number of hydrogen-bond acceptors (Lipinski definition) is 8. The van der Waals surface area contributed by atoms with Gasteiger partial charge in [-0.25, -0.2) is 9.78 Å². The van der Waals surface area contributed by atoms with Gasteiger partial charge in [0, 0.05) is 67.3 Å². The van der Waals surface area contributed by atoms with Crippen LogP contribution in [0.2, 0.25) is 0 Å². The van der Waals surface area contributed by atoms with Crippen LogP contribution in [0.3, 0.4) is 0 Å². The van der Waals surface area contributed by atoms with Gasteiger partial charge in [-0.2, -0.15) is 0 Å². The van der Waals surface area contributed by atoms with Gasteiger partial charge in [-0.05, 0) is 49.4 Å². The van der Waals surface area contributed by atoms with Crippen LogP contribution in [0.4, 0.5) is 0 Å². The molecule has 0 saturated carbocycles. The third kappa shape index (κ3) is 5.55. The number of carbonyl (C=O) groups excluding carboxylic acids is 1. The molecule has 196 valence electrons. The first-order valence-corrected chi connectivity index (χ1v) is 13.1. The van der Waals surface area contributed by atoms with Crippen molar-refractivity contribution in [3.8, 4) is 33.9 Å². The number of hydrogen-bond donors (Lipinski definition) is 2. The number of fused-ring (bicyclic) bond motifs is 1. The molecule has 0 radical (unpaired) electrons. The second kappa shape index (κ2) is 11.1. The van der Waals surface area contributed by atoms with Crippen molar-refractivity contribution in [2.75, 3.05) is 39.3 Å². The maximum atomic E-state index is 12.7. The molecule has 5 heterocycles. The maximum Gasteiger partial charge on any atom is 0.338 e. The van der Waals surface area contributed by atoms with E-state index in [9.17, 15) is 4.79 Å². The number of esters is 1. The number of nitrogens with zero attached hydrogens (tertiary/aromatic N) is 5. The summed E-state index contributed by atoms with van der Waals surface area (Å²) >= 11 is 0. The minimum Gasteiger partial charge on any atom is -0.461 e. The van der Waals surface area contributed by atoms with Gasteiger partial charge < -0.3 is 15.0 Å². The first kappa shape index (κ1) is 24.8. The summed E-state index contributed by atoms with van der Waals surface area (Å²) in [4.78, 5) is 36.6. The minimum absolute atomic E-state index is 0.347. The largest absolute Gasteiger partial charge is 0.461 e. The molecule has 0 unspecified atom stereocenters. The maximum absolute atomic E-state index is 12.7. The van der Waals surface area contributed by atoms with E-state index in [2.05, 4.69) is 41.2 Å². The van der Waals surface area contributed by atoms with Crippen molar-refractivity contribution in [1.29, 1.82) is 0 Å². The Hall–Kier alpha value is -4.47. The van der Waals surface area contributed by atoms with E-state index in [0.717, 1.165) is 77.5 Å². The molecule has 5 aromatic rings. The monoisotopic (exact) mass is 519 g/mol. The molecule has 2 N–H and O–H groups in total. The zero-order valence-corrected chi connectivity index (χ0v) is 21.7. The van der Waals surface area contributed by atoms with Gasteiger partial charge in [-0.15, -0.1) is 0 Å². The van der Waals surface area contributed by atoms with E-state index in [1.807, 2.05) is 43.3 Å². The van der Waals surface area contributed by atoms with Gasteiger partial charge in [0.1, 0.15) is 6.61 Å². The molecule has 1 aliphatic rings. The number of piperazine rings is 1. The molecule has 1 fully saturated rings. The number of carbonyl (C=O) groups is 1. The van der Waals surface area contributed by atoms with Crippen LogP contribution in [-0.2, 0) is 4.74 Å². The number of rotatable bonds is 7. The van der Waals surface area contributed by atoms with Gasteiger partial charge in [-0.3, -0.25) is 19.9 Å². The van der Waals surface area contributed by atoms with Crippen LogP contribution in [0.5, 0.6) is 0 Å². The number of aromatic amines is 1. The summed E-state index contributed by atoms with van der Waals surface area (Å²) in [5.74, 6) is -0.347. The van der Waals surface area contributed by atoms with Crippen molar-refractivity contribution in [1.82, 2.24) is 35.1 Å². The zero-order chi connectivity index (χ0) is 26.6. The molecule has 39 heavy (non-hydrogen) atoms. The smallest absolute Gasteiger partial charge is 0.338 e. The average Bonchev–Trinajstić information content (AvgIpc) is 3.47. The van der Waals surface area contributed by atoms with Crippen LogP contribution in [0, 0.1) is 6.92 Å². The molecule has 0 bridgehead atoms. The fourth-order valence-electron chi connectivity index (χ4n) is 4.81. The number of pyridine rings is 3. The summed E-state index contributed by atoms with van der Waals surface area (Å²) in [7, 11) is 0. The van der Waals surface area contributed by atoms with E-state index in [-0.39, 0.29) is 5.97 Å². The first-order valence-electron chi connectivity index (χ1n) is 13.1. The third-order valence-electron chi connectivity index (χ3n) is 6.88. The lowest BCUT2D eigenvalue weighted by atomic mass is 10.0. The number of nitrogens with one attached hydrogen (secondary N) is 2. The second-order valence-electron chi connectivity index (χ2n) is 9.58. The van der Waals surface area contributed by atoms with Crippen molar-refractivity contribution < 1.29 is 9.53 Å². The van der Waals surface area contributed by atoms with Crippen LogP contribution in [0.1, 0.15) is 16.1 Å². The lowest BCUT2D eigenvalue weighted by Gasteiger charge is -2.26. The summed E-state index contributed by atoms with van der Waals surface area (Å²) in [6, 6.07) is 17.5. The molecule has 0 amide bonds. The van der Waals surface area contributed by atoms with Crippen molar-refractivity contribution in [2.24, 2.45) is 0 Å². The third-order valence-corrected chi connectivity index (χ3v) is 6.88. The SMILES string of the molecule is Cc1cccc(-c2[nH]cnc2-c2ccc3ncc(-c4cc(C(=O)OCCN5CCNCC5)ccn4)cc3c2)n1. The van der Waals surface area contributed by atoms with Crippen molar-refractivity contribution in [2.45, 2.75) is 6.92 Å². The number of aromatic nitrogens is 5. The normalized spacial score (nSPS) is 14.0. The van der Waals surface area contributed by atoms with Gasteiger partial charge >= 0.3 is 5.97 Å².